The Kier molecular flexibility index (Phi) is 4.34. The fraction of sp³-hybridized carbons (Fsp3) is 0.182. The van der Waals surface area contributed by atoms with Crippen molar-refractivity contribution in [3.63, 3.8) is 0 Å². The number of carbonyl (C=O) groups is 2. The molecule has 0 heterocycles. The second kappa shape index (κ2) is 5.80. The molecule has 4 heteroatoms. The number of esters is 1. The van der Waals surface area contributed by atoms with Crippen molar-refractivity contribution in [1.29, 1.82) is 0 Å². The molecule has 0 fully saturated rings. The summed E-state index contributed by atoms with van der Waals surface area (Å²) in [5.74, 6) is -1.08. The molecule has 1 aromatic carbocycles. The van der Waals surface area contributed by atoms with Gasteiger partial charge in [-0.15, -0.1) is 0 Å². The highest BCUT2D eigenvalue weighted by Gasteiger charge is 2.05. The van der Waals surface area contributed by atoms with E-state index in [0.29, 0.717) is 0 Å². The molecule has 0 spiro atoms. The van der Waals surface area contributed by atoms with Gasteiger partial charge in [0.2, 0.25) is 5.91 Å². The van der Waals surface area contributed by atoms with Crippen LogP contribution in [-0.2, 0) is 20.9 Å². The van der Waals surface area contributed by atoms with E-state index in [1.807, 2.05) is 30.3 Å². The molecule has 0 bridgehead atoms. The Balaban J connectivity index is 2.26. The first kappa shape index (κ1) is 11.2. The molecule has 4 nitrogen and oxygen atoms in total. The van der Waals surface area contributed by atoms with E-state index in [0.717, 1.165) is 12.0 Å². The smallest absolute Gasteiger partial charge is 0.306 e. The van der Waals surface area contributed by atoms with Gasteiger partial charge in [-0.25, -0.2) is 0 Å². The summed E-state index contributed by atoms with van der Waals surface area (Å²) in [4.78, 5) is 21.4. The number of nitrogens with two attached hydrogens (primary N) is 1. The molecule has 0 aliphatic heterocycles. The molecule has 2 N–H and O–H groups in total. The van der Waals surface area contributed by atoms with Gasteiger partial charge in [-0.3, -0.25) is 9.59 Å². The van der Waals surface area contributed by atoms with Gasteiger partial charge >= 0.3 is 5.97 Å². The molecular weight excluding hydrogens is 194 g/mol. The third-order valence-electron chi connectivity index (χ3n) is 1.71. The summed E-state index contributed by atoms with van der Waals surface area (Å²) in [5, 5.41) is 0. The zero-order chi connectivity index (χ0) is 11.1. The lowest BCUT2D eigenvalue weighted by molar-refractivity contribution is -0.144. The minimum absolute atomic E-state index is 0.0812. The summed E-state index contributed by atoms with van der Waals surface area (Å²) < 4.78 is 4.90. The zero-order valence-electron chi connectivity index (χ0n) is 8.18. The second-order valence-corrected chi connectivity index (χ2v) is 2.96. The largest absolute Gasteiger partial charge is 0.461 e. The van der Waals surface area contributed by atoms with Crippen LogP contribution in [0.25, 0.3) is 0 Å². The Hall–Kier alpha value is -1.84. The van der Waals surface area contributed by atoms with Crippen molar-refractivity contribution in [1.82, 2.24) is 0 Å². The average molecular weight is 206 g/mol. The van der Waals surface area contributed by atoms with Gasteiger partial charge < -0.3 is 10.5 Å². The molecule has 0 aliphatic rings. The Morgan fingerprint density at radius 3 is 2.53 bits per heavy atom. The predicted molar refractivity (Wildman–Crippen MR) is 54.3 cm³/mol. The van der Waals surface area contributed by atoms with Crippen LogP contribution in [0, 0.1) is 6.42 Å². The van der Waals surface area contributed by atoms with Gasteiger partial charge in [-0.05, 0) is 5.56 Å². The van der Waals surface area contributed by atoms with Crippen molar-refractivity contribution < 1.29 is 14.3 Å². The van der Waals surface area contributed by atoms with Crippen molar-refractivity contribution in [3.8, 4) is 0 Å². The van der Waals surface area contributed by atoms with Crippen molar-refractivity contribution in [2.45, 2.75) is 13.0 Å². The summed E-state index contributed by atoms with van der Waals surface area (Å²) in [7, 11) is 0. The third-order valence-corrected chi connectivity index (χ3v) is 1.71. The van der Waals surface area contributed by atoms with Gasteiger partial charge in [0.25, 0.3) is 0 Å². The van der Waals surface area contributed by atoms with E-state index < -0.39 is 11.9 Å². The normalized spacial score (nSPS) is 9.60. The van der Waals surface area contributed by atoms with E-state index in [2.05, 4.69) is 0 Å². The first-order valence-electron chi connectivity index (χ1n) is 4.50. The highest BCUT2D eigenvalue weighted by atomic mass is 16.5. The van der Waals surface area contributed by atoms with Crippen LogP contribution in [0.15, 0.2) is 30.3 Å². The highest BCUT2D eigenvalue weighted by molar-refractivity contribution is 5.87. The maximum absolute atomic E-state index is 11.1. The molecule has 0 atom stereocenters. The van der Waals surface area contributed by atoms with Gasteiger partial charge in [0, 0.05) is 0 Å². The first-order valence-corrected chi connectivity index (χ1v) is 4.50. The Bertz CT molecular complexity index is 335. The molecule has 0 saturated heterocycles. The Morgan fingerprint density at radius 2 is 1.93 bits per heavy atom. The molecule has 0 aromatic heterocycles. The lowest BCUT2D eigenvalue weighted by Crippen LogP contribution is -2.14. The number of benzene rings is 1. The predicted octanol–water partition coefficient (Wildman–Crippen LogP) is 0.809. The fourth-order valence-corrected chi connectivity index (χ4v) is 0.981. The molecule has 1 aromatic rings. The monoisotopic (exact) mass is 206 g/mol. The number of carbonyl (C=O) groups excluding carboxylic acids is 2. The molecule has 1 rings (SSSR count). The van der Waals surface area contributed by atoms with Crippen LogP contribution >= 0.6 is 0 Å². The standard InChI is InChI=1S/C11H12NO3/c12-10(13)6-7-11(14)15-8-9-4-2-1-3-5-9/h1-6H,7-8H2,(H2,12,13). The number of rotatable bonds is 5. The zero-order valence-corrected chi connectivity index (χ0v) is 8.18. The number of ether oxygens (including phenoxy) is 1. The van der Waals surface area contributed by atoms with E-state index in [-0.39, 0.29) is 13.0 Å². The molecule has 79 valence electrons. The minimum atomic E-state index is -0.619. The van der Waals surface area contributed by atoms with E-state index in [1.54, 1.807) is 0 Å². The van der Waals surface area contributed by atoms with Gasteiger partial charge in [0.1, 0.15) is 6.61 Å². The number of primary amides is 1. The summed E-state index contributed by atoms with van der Waals surface area (Å²) in [6.07, 6.45) is 1.01. The van der Waals surface area contributed by atoms with Gasteiger partial charge in [-0.1, -0.05) is 30.3 Å². The number of hydrogen-bond acceptors (Lipinski definition) is 3. The minimum Gasteiger partial charge on any atom is -0.461 e. The van der Waals surface area contributed by atoms with Crippen LogP contribution in [0.5, 0.6) is 0 Å². The highest BCUT2D eigenvalue weighted by Crippen LogP contribution is 2.02. The fourth-order valence-electron chi connectivity index (χ4n) is 0.981. The topological polar surface area (TPSA) is 69.4 Å². The number of amides is 1. The summed E-state index contributed by atoms with van der Waals surface area (Å²) >= 11 is 0. The van der Waals surface area contributed by atoms with Gasteiger partial charge in [-0.2, -0.15) is 0 Å². The van der Waals surface area contributed by atoms with E-state index in [9.17, 15) is 9.59 Å². The Labute approximate surface area is 88.0 Å². The lowest BCUT2D eigenvalue weighted by Gasteiger charge is -2.03. The second-order valence-electron chi connectivity index (χ2n) is 2.96. The average Bonchev–Trinajstić information content (AvgIpc) is 2.25. The molecule has 0 aliphatic carbocycles. The van der Waals surface area contributed by atoms with Crippen LogP contribution in [0.2, 0.25) is 0 Å². The van der Waals surface area contributed by atoms with Crippen LogP contribution in [0.1, 0.15) is 12.0 Å². The van der Waals surface area contributed by atoms with E-state index in [1.165, 1.54) is 0 Å². The first-order chi connectivity index (χ1) is 7.18. The SMILES string of the molecule is NC(=O)[CH]CC(=O)OCc1ccccc1. The molecule has 1 amide bonds. The van der Waals surface area contributed by atoms with Crippen LogP contribution in [0.3, 0.4) is 0 Å². The maximum Gasteiger partial charge on any atom is 0.306 e. The van der Waals surface area contributed by atoms with Crippen molar-refractivity contribution in [2.75, 3.05) is 0 Å². The molecular formula is C11H12NO3. The third kappa shape index (κ3) is 4.81. The van der Waals surface area contributed by atoms with Crippen molar-refractivity contribution in [2.24, 2.45) is 5.73 Å². The van der Waals surface area contributed by atoms with Gasteiger partial charge in [0.05, 0.1) is 12.8 Å². The van der Waals surface area contributed by atoms with Crippen LogP contribution < -0.4 is 5.73 Å². The number of hydrogen-bond donors (Lipinski definition) is 1. The summed E-state index contributed by atoms with van der Waals surface area (Å²) in [6.45, 7) is 0.215. The molecule has 15 heavy (non-hydrogen) atoms. The lowest BCUT2D eigenvalue weighted by atomic mass is 10.2. The molecule has 1 radical (unpaired) electrons. The van der Waals surface area contributed by atoms with Crippen LogP contribution in [-0.4, -0.2) is 11.9 Å². The van der Waals surface area contributed by atoms with Crippen molar-refractivity contribution in [3.05, 3.63) is 42.3 Å². The van der Waals surface area contributed by atoms with E-state index >= 15 is 0 Å². The molecule has 0 unspecified atom stereocenters. The maximum atomic E-state index is 11.1. The summed E-state index contributed by atoms with van der Waals surface area (Å²) in [5.41, 5.74) is 5.75. The molecule has 0 saturated carbocycles. The summed E-state index contributed by atoms with van der Waals surface area (Å²) in [6, 6.07) is 9.31. The quantitative estimate of drug-likeness (QED) is 0.725. The van der Waals surface area contributed by atoms with Crippen LogP contribution in [0.4, 0.5) is 0 Å². The van der Waals surface area contributed by atoms with E-state index in [4.69, 9.17) is 10.5 Å². The van der Waals surface area contributed by atoms with Crippen molar-refractivity contribution >= 4 is 11.9 Å². The van der Waals surface area contributed by atoms with Gasteiger partial charge in [0.15, 0.2) is 0 Å². The Morgan fingerprint density at radius 1 is 1.27 bits per heavy atom.